The second-order valence-corrected chi connectivity index (χ2v) is 6.70. The molecule has 0 fully saturated rings. The van der Waals surface area contributed by atoms with Gasteiger partial charge in [0.2, 0.25) is 5.75 Å². The molecule has 0 amide bonds. The van der Waals surface area contributed by atoms with E-state index in [4.69, 9.17) is 14.2 Å². The first-order valence-electron chi connectivity index (χ1n) is 7.90. The molecule has 0 unspecified atom stereocenters. The molecule has 0 radical (unpaired) electrons. The van der Waals surface area contributed by atoms with E-state index in [1.165, 1.54) is 9.75 Å². The number of nitrogens with one attached hydrogen (secondary N) is 2. The highest BCUT2D eigenvalue weighted by Crippen LogP contribution is 2.38. The Kier molecular flexibility index (Phi) is 9.57. The highest BCUT2D eigenvalue weighted by Gasteiger charge is 2.13. The molecule has 2 rings (SSSR count). The lowest BCUT2D eigenvalue weighted by Gasteiger charge is -2.15. The summed E-state index contributed by atoms with van der Waals surface area (Å²) in [5.41, 5.74) is 1.00. The van der Waals surface area contributed by atoms with Gasteiger partial charge in [0.25, 0.3) is 0 Å². The highest BCUT2D eigenvalue weighted by molar-refractivity contribution is 14.0. The van der Waals surface area contributed by atoms with E-state index in [0.717, 1.165) is 18.1 Å². The molecule has 6 nitrogen and oxygen atoms in total. The zero-order chi connectivity index (χ0) is 18.2. The zero-order valence-electron chi connectivity index (χ0n) is 15.7. The summed E-state index contributed by atoms with van der Waals surface area (Å²) in [4.78, 5) is 6.83. The van der Waals surface area contributed by atoms with E-state index in [1.807, 2.05) is 12.1 Å². The molecule has 0 aliphatic carbocycles. The van der Waals surface area contributed by atoms with Gasteiger partial charge < -0.3 is 24.8 Å². The van der Waals surface area contributed by atoms with Gasteiger partial charge in [-0.25, -0.2) is 0 Å². The molecule has 8 heteroatoms. The highest BCUT2D eigenvalue weighted by atomic mass is 127. The van der Waals surface area contributed by atoms with Crippen LogP contribution in [0.15, 0.2) is 29.3 Å². The number of ether oxygens (including phenoxy) is 3. The van der Waals surface area contributed by atoms with Crippen LogP contribution < -0.4 is 24.8 Å². The van der Waals surface area contributed by atoms with Gasteiger partial charge in [0.15, 0.2) is 17.5 Å². The van der Waals surface area contributed by atoms with Crippen molar-refractivity contribution in [3.63, 3.8) is 0 Å². The van der Waals surface area contributed by atoms with Crippen molar-refractivity contribution in [1.29, 1.82) is 0 Å². The summed E-state index contributed by atoms with van der Waals surface area (Å²) in [6, 6.07) is 8.09. The van der Waals surface area contributed by atoms with Crippen LogP contribution in [-0.2, 0) is 13.1 Å². The van der Waals surface area contributed by atoms with E-state index < -0.39 is 0 Å². The average Bonchev–Trinajstić information content (AvgIpc) is 3.06. The number of aliphatic imine (C=N–C) groups is 1. The molecule has 0 saturated carbocycles. The van der Waals surface area contributed by atoms with Crippen LogP contribution in [0.4, 0.5) is 0 Å². The van der Waals surface area contributed by atoms with E-state index >= 15 is 0 Å². The van der Waals surface area contributed by atoms with Crippen molar-refractivity contribution in [2.24, 2.45) is 4.99 Å². The number of nitrogens with zero attached hydrogens (tertiary/aromatic N) is 1. The number of hydrogen-bond donors (Lipinski definition) is 2. The predicted molar refractivity (Wildman–Crippen MR) is 118 cm³/mol. The van der Waals surface area contributed by atoms with E-state index in [0.29, 0.717) is 23.8 Å². The van der Waals surface area contributed by atoms with Gasteiger partial charge in [0.1, 0.15) is 0 Å². The third kappa shape index (κ3) is 5.94. The lowest BCUT2D eigenvalue weighted by atomic mass is 10.2. The molecule has 1 aromatic heterocycles. The molecule has 26 heavy (non-hydrogen) atoms. The number of benzene rings is 1. The third-order valence-corrected chi connectivity index (χ3v) is 4.63. The van der Waals surface area contributed by atoms with Crippen molar-refractivity contribution in [2.75, 3.05) is 28.4 Å². The number of methoxy groups -OCH3 is 3. The Morgan fingerprint density at radius 1 is 1.00 bits per heavy atom. The van der Waals surface area contributed by atoms with Crippen LogP contribution in [0.5, 0.6) is 17.2 Å². The molecular formula is C18H26IN3O3S. The molecule has 144 valence electrons. The Labute approximate surface area is 176 Å². The minimum absolute atomic E-state index is 0. The third-order valence-electron chi connectivity index (χ3n) is 3.63. The molecule has 1 aromatic carbocycles. The smallest absolute Gasteiger partial charge is 0.203 e. The quantitative estimate of drug-likeness (QED) is 0.353. The molecular weight excluding hydrogens is 465 g/mol. The zero-order valence-corrected chi connectivity index (χ0v) is 18.9. The Hall–Kier alpha value is -1.68. The van der Waals surface area contributed by atoms with E-state index in [1.54, 1.807) is 39.7 Å². The van der Waals surface area contributed by atoms with E-state index in [9.17, 15) is 0 Å². The van der Waals surface area contributed by atoms with Gasteiger partial charge in [-0.05, 0) is 36.8 Å². The Balaban J connectivity index is 0.00000338. The summed E-state index contributed by atoms with van der Waals surface area (Å²) in [5, 5.41) is 6.61. The summed E-state index contributed by atoms with van der Waals surface area (Å²) in [7, 11) is 6.57. The number of thiophene rings is 1. The first-order chi connectivity index (χ1) is 12.1. The van der Waals surface area contributed by atoms with Crippen molar-refractivity contribution in [3.8, 4) is 17.2 Å². The number of rotatable bonds is 7. The molecule has 0 aliphatic heterocycles. The Bertz CT molecular complexity index is 709. The summed E-state index contributed by atoms with van der Waals surface area (Å²) < 4.78 is 16.1. The van der Waals surface area contributed by atoms with Gasteiger partial charge >= 0.3 is 0 Å². The maximum absolute atomic E-state index is 5.38. The van der Waals surface area contributed by atoms with Gasteiger partial charge in [-0.3, -0.25) is 4.99 Å². The fourth-order valence-corrected chi connectivity index (χ4v) is 3.22. The maximum Gasteiger partial charge on any atom is 0.203 e. The topological polar surface area (TPSA) is 64.1 Å². The Morgan fingerprint density at radius 2 is 1.62 bits per heavy atom. The predicted octanol–water partition coefficient (Wildman–Crippen LogP) is 3.57. The standard InChI is InChI=1S/C18H25N3O3S.HI/c1-12-6-7-14(25-12)11-21-18(19-2)20-10-13-8-15(22-3)17(24-5)16(9-13)23-4;/h6-9H,10-11H2,1-5H3,(H2,19,20,21);1H. The monoisotopic (exact) mass is 491 g/mol. The normalized spacial score (nSPS) is 10.7. The summed E-state index contributed by atoms with van der Waals surface area (Å²) in [6.07, 6.45) is 0. The van der Waals surface area contributed by atoms with E-state index in [2.05, 4.69) is 34.7 Å². The van der Waals surface area contributed by atoms with Crippen LogP contribution in [0.3, 0.4) is 0 Å². The van der Waals surface area contributed by atoms with Crippen molar-refractivity contribution < 1.29 is 14.2 Å². The van der Waals surface area contributed by atoms with Crippen LogP contribution in [0.25, 0.3) is 0 Å². The van der Waals surface area contributed by atoms with Gasteiger partial charge in [-0.15, -0.1) is 35.3 Å². The van der Waals surface area contributed by atoms with Gasteiger partial charge in [-0.1, -0.05) is 0 Å². The number of hydrogen-bond acceptors (Lipinski definition) is 5. The van der Waals surface area contributed by atoms with Crippen LogP contribution >= 0.6 is 35.3 Å². The molecule has 0 atom stereocenters. The minimum Gasteiger partial charge on any atom is -0.493 e. The SMILES string of the molecule is CN=C(NCc1cc(OC)c(OC)c(OC)c1)NCc1ccc(C)s1.I. The number of aryl methyl sites for hydroxylation is 1. The van der Waals surface area contributed by atoms with Crippen LogP contribution in [0, 0.1) is 6.92 Å². The van der Waals surface area contributed by atoms with Crippen LogP contribution in [0.1, 0.15) is 15.3 Å². The molecule has 2 N–H and O–H groups in total. The maximum atomic E-state index is 5.38. The molecule has 0 spiro atoms. The fraction of sp³-hybridized carbons (Fsp3) is 0.389. The number of halogens is 1. The van der Waals surface area contributed by atoms with Crippen molar-refractivity contribution in [2.45, 2.75) is 20.0 Å². The van der Waals surface area contributed by atoms with Gasteiger partial charge in [-0.2, -0.15) is 0 Å². The summed E-state index contributed by atoms with van der Waals surface area (Å²) in [6.45, 7) is 3.43. The van der Waals surface area contributed by atoms with Crippen LogP contribution in [0.2, 0.25) is 0 Å². The molecule has 0 aliphatic rings. The second kappa shape index (κ2) is 11.1. The van der Waals surface area contributed by atoms with Crippen molar-refractivity contribution in [3.05, 3.63) is 39.6 Å². The van der Waals surface area contributed by atoms with Crippen LogP contribution in [-0.4, -0.2) is 34.3 Å². The van der Waals surface area contributed by atoms with Crippen molar-refractivity contribution >= 4 is 41.3 Å². The second-order valence-electron chi connectivity index (χ2n) is 5.33. The average molecular weight is 491 g/mol. The largest absolute Gasteiger partial charge is 0.493 e. The van der Waals surface area contributed by atoms with Gasteiger partial charge in [0, 0.05) is 23.3 Å². The molecule has 2 aromatic rings. The first-order valence-corrected chi connectivity index (χ1v) is 8.71. The minimum atomic E-state index is 0. The van der Waals surface area contributed by atoms with Gasteiger partial charge in [0.05, 0.1) is 27.9 Å². The number of guanidine groups is 1. The Morgan fingerprint density at radius 3 is 2.08 bits per heavy atom. The van der Waals surface area contributed by atoms with E-state index in [-0.39, 0.29) is 24.0 Å². The lowest BCUT2D eigenvalue weighted by Crippen LogP contribution is -2.36. The molecule has 0 saturated heterocycles. The first kappa shape index (κ1) is 22.4. The molecule has 0 bridgehead atoms. The molecule has 1 heterocycles. The summed E-state index contributed by atoms with van der Waals surface area (Å²) >= 11 is 1.78. The lowest BCUT2D eigenvalue weighted by molar-refractivity contribution is 0.323. The van der Waals surface area contributed by atoms with Crippen molar-refractivity contribution in [1.82, 2.24) is 10.6 Å². The fourth-order valence-electron chi connectivity index (χ4n) is 2.39. The summed E-state index contributed by atoms with van der Waals surface area (Å²) in [5.74, 6) is 2.59.